The molecule has 2 heteroatoms. The Balaban J connectivity index is 1.98. The second-order valence-electron chi connectivity index (χ2n) is 4.62. The largest absolute Gasteiger partial charge is 0.117 e. The molecule has 3 aliphatic rings. The first-order valence-corrected chi connectivity index (χ1v) is 5.54. The quantitative estimate of drug-likeness (QED) is 0.528. The molecule has 2 fully saturated rings. The summed E-state index contributed by atoms with van der Waals surface area (Å²) in [6.07, 6.45) is 7.65. The maximum atomic E-state index is 6.28. The molecule has 1 spiro atoms. The van der Waals surface area contributed by atoms with Crippen molar-refractivity contribution < 1.29 is 0 Å². The number of hydrogen-bond acceptors (Lipinski definition) is 0. The minimum atomic E-state index is 0.132. The van der Waals surface area contributed by atoms with Gasteiger partial charge >= 0.3 is 0 Å². The van der Waals surface area contributed by atoms with Crippen LogP contribution in [0.2, 0.25) is 0 Å². The minimum Gasteiger partial charge on any atom is -0.117 e. The molecule has 1 unspecified atom stereocenters. The standard InChI is InChI=1S/C10H12Cl2/c11-8-4-6-3-7(9(8)12)10(5-6)1-2-10/h4,6-7,9H,1-3,5H2/t6-,7+,9?/m0/s1. The van der Waals surface area contributed by atoms with Gasteiger partial charge < -0.3 is 0 Å². The molecular weight excluding hydrogens is 191 g/mol. The lowest BCUT2D eigenvalue weighted by Gasteiger charge is -2.25. The molecule has 3 aliphatic carbocycles. The van der Waals surface area contributed by atoms with Gasteiger partial charge in [-0.15, -0.1) is 11.6 Å². The van der Waals surface area contributed by atoms with Crippen LogP contribution in [0.15, 0.2) is 11.1 Å². The molecule has 0 saturated heterocycles. The summed E-state index contributed by atoms with van der Waals surface area (Å²) in [6, 6.07) is 0. The van der Waals surface area contributed by atoms with E-state index in [-0.39, 0.29) is 5.38 Å². The molecular formula is C10H12Cl2. The van der Waals surface area contributed by atoms with E-state index in [9.17, 15) is 0 Å². The maximum absolute atomic E-state index is 6.28. The molecule has 0 N–H and O–H groups in total. The van der Waals surface area contributed by atoms with Crippen LogP contribution in [0, 0.1) is 17.3 Å². The van der Waals surface area contributed by atoms with Crippen molar-refractivity contribution in [2.24, 2.45) is 17.3 Å². The normalized spacial score (nSPS) is 47.8. The first-order chi connectivity index (χ1) is 5.71. The van der Waals surface area contributed by atoms with Gasteiger partial charge in [0.25, 0.3) is 0 Å². The first-order valence-electron chi connectivity index (χ1n) is 4.73. The highest BCUT2D eigenvalue weighted by Gasteiger charge is 2.58. The van der Waals surface area contributed by atoms with E-state index >= 15 is 0 Å². The minimum absolute atomic E-state index is 0.132. The fraction of sp³-hybridized carbons (Fsp3) is 0.800. The zero-order valence-electron chi connectivity index (χ0n) is 6.89. The maximum Gasteiger partial charge on any atom is 0.0722 e. The number of rotatable bonds is 0. The molecule has 0 radical (unpaired) electrons. The van der Waals surface area contributed by atoms with E-state index in [0.29, 0.717) is 11.3 Å². The number of halogens is 2. The zero-order chi connectivity index (χ0) is 8.34. The van der Waals surface area contributed by atoms with E-state index in [1.165, 1.54) is 25.7 Å². The summed E-state index contributed by atoms with van der Waals surface area (Å²) in [4.78, 5) is 0. The van der Waals surface area contributed by atoms with Crippen LogP contribution in [0.4, 0.5) is 0 Å². The Kier molecular flexibility index (Phi) is 1.42. The van der Waals surface area contributed by atoms with Crippen LogP contribution in [0.1, 0.15) is 25.7 Å². The molecule has 0 heterocycles. The van der Waals surface area contributed by atoms with Gasteiger partial charge in [-0.05, 0) is 42.9 Å². The number of fused-ring (bicyclic) bond motifs is 3. The summed E-state index contributed by atoms with van der Waals surface area (Å²) >= 11 is 12.4. The monoisotopic (exact) mass is 202 g/mol. The van der Waals surface area contributed by atoms with E-state index in [1.807, 2.05) is 0 Å². The van der Waals surface area contributed by atoms with Gasteiger partial charge in [0.2, 0.25) is 0 Å². The van der Waals surface area contributed by atoms with Gasteiger partial charge in [-0.2, -0.15) is 0 Å². The molecule has 3 rings (SSSR count). The molecule has 0 aromatic rings. The Bertz CT molecular complexity index is 253. The van der Waals surface area contributed by atoms with Crippen LogP contribution in [0.25, 0.3) is 0 Å². The summed E-state index contributed by atoms with van der Waals surface area (Å²) in [6.45, 7) is 0. The Morgan fingerprint density at radius 1 is 1.42 bits per heavy atom. The summed E-state index contributed by atoms with van der Waals surface area (Å²) in [5, 5.41) is 1.05. The summed E-state index contributed by atoms with van der Waals surface area (Å²) in [5.74, 6) is 1.45. The predicted molar refractivity (Wildman–Crippen MR) is 51.5 cm³/mol. The lowest BCUT2D eigenvalue weighted by molar-refractivity contribution is 0.371. The molecule has 0 aromatic carbocycles. The number of hydrogen-bond donors (Lipinski definition) is 0. The molecule has 0 amide bonds. The number of allylic oxidation sites excluding steroid dienone is 2. The second kappa shape index (κ2) is 2.22. The van der Waals surface area contributed by atoms with Gasteiger partial charge in [0, 0.05) is 5.03 Å². The highest BCUT2D eigenvalue weighted by molar-refractivity contribution is 6.37. The lowest BCUT2D eigenvalue weighted by atomic mass is 9.88. The summed E-state index contributed by atoms with van der Waals surface area (Å²) < 4.78 is 0. The molecule has 0 nitrogen and oxygen atoms in total. The van der Waals surface area contributed by atoms with E-state index in [0.717, 1.165) is 11.0 Å². The Hall–Kier alpha value is 0.320. The molecule has 0 aromatic heterocycles. The van der Waals surface area contributed by atoms with E-state index in [1.54, 1.807) is 0 Å². The molecule has 12 heavy (non-hydrogen) atoms. The van der Waals surface area contributed by atoms with Crippen molar-refractivity contribution in [3.63, 3.8) is 0 Å². The third kappa shape index (κ3) is 0.858. The Labute approximate surface area is 82.9 Å². The molecule has 2 bridgehead atoms. The molecule has 3 atom stereocenters. The van der Waals surface area contributed by atoms with Gasteiger partial charge in [-0.1, -0.05) is 17.7 Å². The highest BCUT2D eigenvalue weighted by atomic mass is 35.5. The van der Waals surface area contributed by atoms with Gasteiger partial charge in [-0.3, -0.25) is 0 Å². The predicted octanol–water partition coefficient (Wildman–Crippen LogP) is 3.54. The van der Waals surface area contributed by atoms with Crippen LogP contribution in [0.3, 0.4) is 0 Å². The molecule has 2 saturated carbocycles. The SMILES string of the molecule is ClC1=C[C@@H]2C[C@H](C1Cl)C1(CC1)C2. The first kappa shape index (κ1) is 7.70. The van der Waals surface area contributed by atoms with E-state index < -0.39 is 0 Å². The van der Waals surface area contributed by atoms with Crippen LogP contribution in [-0.2, 0) is 0 Å². The summed E-state index contributed by atoms with van der Waals surface area (Å²) in [5.41, 5.74) is 0.629. The fourth-order valence-corrected chi connectivity index (χ4v) is 3.91. The van der Waals surface area contributed by atoms with Gasteiger partial charge in [-0.25, -0.2) is 0 Å². The fourth-order valence-electron chi connectivity index (χ4n) is 3.13. The Morgan fingerprint density at radius 3 is 2.83 bits per heavy atom. The second-order valence-corrected chi connectivity index (χ2v) is 5.53. The topological polar surface area (TPSA) is 0 Å². The lowest BCUT2D eigenvalue weighted by Crippen LogP contribution is -2.22. The van der Waals surface area contributed by atoms with Crippen molar-refractivity contribution in [2.75, 3.05) is 0 Å². The van der Waals surface area contributed by atoms with Gasteiger partial charge in [0.15, 0.2) is 0 Å². The zero-order valence-corrected chi connectivity index (χ0v) is 8.41. The third-order valence-electron chi connectivity index (χ3n) is 3.92. The van der Waals surface area contributed by atoms with Crippen molar-refractivity contribution >= 4 is 23.2 Å². The third-order valence-corrected chi connectivity index (χ3v) is 4.93. The van der Waals surface area contributed by atoms with Gasteiger partial charge in [0.05, 0.1) is 5.38 Å². The smallest absolute Gasteiger partial charge is 0.0722 e. The van der Waals surface area contributed by atoms with Crippen molar-refractivity contribution in [1.82, 2.24) is 0 Å². The highest BCUT2D eigenvalue weighted by Crippen LogP contribution is 2.67. The van der Waals surface area contributed by atoms with E-state index in [2.05, 4.69) is 6.08 Å². The number of alkyl halides is 1. The average Bonchev–Trinajstić information content (AvgIpc) is 2.68. The Morgan fingerprint density at radius 2 is 2.17 bits per heavy atom. The van der Waals surface area contributed by atoms with Crippen LogP contribution >= 0.6 is 23.2 Å². The van der Waals surface area contributed by atoms with Crippen LogP contribution in [-0.4, -0.2) is 5.38 Å². The van der Waals surface area contributed by atoms with Crippen LogP contribution < -0.4 is 0 Å². The van der Waals surface area contributed by atoms with Crippen molar-refractivity contribution in [3.05, 3.63) is 11.1 Å². The van der Waals surface area contributed by atoms with Crippen LogP contribution in [0.5, 0.6) is 0 Å². The van der Waals surface area contributed by atoms with Crippen molar-refractivity contribution in [1.29, 1.82) is 0 Å². The summed E-state index contributed by atoms with van der Waals surface area (Å²) in [7, 11) is 0. The molecule has 0 aliphatic heterocycles. The average molecular weight is 203 g/mol. The van der Waals surface area contributed by atoms with Gasteiger partial charge in [0.1, 0.15) is 0 Å². The van der Waals surface area contributed by atoms with Crippen molar-refractivity contribution in [2.45, 2.75) is 31.1 Å². The molecule has 66 valence electrons. The van der Waals surface area contributed by atoms with Crippen molar-refractivity contribution in [3.8, 4) is 0 Å². The van der Waals surface area contributed by atoms with E-state index in [4.69, 9.17) is 23.2 Å².